The lowest BCUT2D eigenvalue weighted by Crippen LogP contribution is -2.08. The average Bonchev–Trinajstić information content (AvgIpc) is 2.38. The van der Waals surface area contributed by atoms with Crippen molar-refractivity contribution in [3.63, 3.8) is 0 Å². The molecule has 0 spiro atoms. The normalized spacial score (nSPS) is 11.1. The molecule has 0 radical (unpaired) electrons. The molecular weight excluding hydrogens is 284 g/mol. The van der Waals surface area contributed by atoms with Gasteiger partial charge >= 0.3 is 0 Å². The second-order valence-corrected chi connectivity index (χ2v) is 6.06. The largest absolute Gasteiger partial charge is 0.223 e. The zero-order valence-electron chi connectivity index (χ0n) is 10.2. The molecule has 0 saturated heterocycles. The minimum absolute atomic E-state index is 0.207. The summed E-state index contributed by atoms with van der Waals surface area (Å²) in [4.78, 5) is -0.577. The fourth-order valence-electron chi connectivity index (χ4n) is 1.77. The minimum Gasteiger partial charge on any atom is -0.223 e. The van der Waals surface area contributed by atoms with Gasteiger partial charge < -0.3 is 0 Å². The van der Waals surface area contributed by atoms with E-state index < -0.39 is 32.1 Å². The van der Waals surface area contributed by atoms with E-state index >= 15 is 0 Å². The van der Waals surface area contributed by atoms with Gasteiger partial charge in [0.05, 0.1) is 17.4 Å². The van der Waals surface area contributed by atoms with E-state index in [1.807, 2.05) is 6.07 Å². The van der Waals surface area contributed by atoms with Crippen molar-refractivity contribution in [1.82, 2.24) is 0 Å². The van der Waals surface area contributed by atoms with Gasteiger partial charge in [0.1, 0.15) is 16.5 Å². The Morgan fingerprint density at radius 3 is 2.45 bits per heavy atom. The Bertz CT molecular complexity index is 795. The Labute approximate surface area is 115 Å². The molecule has 102 valence electrons. The summed E-state index contributed by atoms with van der Waals surface area (Å²) in [6.07, 6.45) is 0. The summed E-state index contributed by atoms with van der Waals surface area (Å²) in [6.45, 7) is 0. The first kappa shape index (κ1) is 14.2. The lowest BCUT2D eigenvalue weighted by atomic mass is 10.1. The Hall–Kier alpha value is -2.26. The molecule has 0 atom stereocenters. The second kappa shape index (κ2) is 5.39. The van der Waals surface area contributed by atoms with Gasteiger partial charge in [0.2, 0.25) is 0 Å². The van der Waals surface area contributed by atoms with Crippen LogP contribution in [0.3, 0.4) is 0 Å². The van der Waals surface area contributed by atoms with Gasteiger partial charge in [0, 0.05) is 6.07 Å². The summed E-state index contributed by atoms with van der Waals surface area (Å²) < 4.78 is 50.6. The predicted molar refractivity (Wildman–Crippen MR) is 68.4 cm³/mol. The van der Waals surface area contributed by atoms with Crippen LogP contribution in [0, 0.1) is 23.0 Å². The van der Waals surface area contributed by atoms with Crippen LogP contribution in [0.5, 0.6) is 0 Å². The second-order valence-electron chi connectivity index (χ2n) is 4.10. The number of sulfone groups is 1. The lowest BCUT2D eigenvalue weighted by Gasteiger charge is -2.07. The maximum Gasteiger partial charge on any atom is 0.185 e. The molecule has 2 aromatic rings. The Morgan fingerprint density at radius 2 is 1.80 bits per heavy atom. The fourth-order valence-corrected chi connectivity index (χ4v) is 3.21. The van der Waals surface area contributed by atoms with Gasteiger partial charge in [-0.25, -0.2) is 17.2 Å². The Balaban J connectivity index is 2.44. The molecule has 6 heteroatoms. The molecule has 0 saturated carbocycles. The highest BCUT2D eigenvalue weighted by Gasteiger charge is 2.21. The van der Waals surface area contributed by atoms with E-state index in [0.29, 0.717) is 6.07 Å². The van der Waals surface area contributed by atoms with E-state index in [1.54, 1.807) is 12.1 Å². The summed E-state index contributed by atoms with van der Waals surface area (Å²) in [7, 11) is -3.99. The molecule has 0 unspecified atom stereocenters. The monoisotopic (exact) mass is 293 g/mol. The number of benzene rings is 2. The summed E-state index contributed by atoms with van der Waals surface area (Å²) in [5, 5.41) is 8.91. The third-order valence-corrected chi connectivity index (χ3v) is 4.40. The van der Waals surface area contributed by atoms with E-state index in [2.05, 4.69) is 0 Å². The van der Waals surface area contributed by atoms with Crippen molar-refractivity contribution in [2.75, 3.05) is 0 Å². The van der Waals surface area contributed by atoms with Gasteiger partial charge in [-0.1, -0.05) is 18.2 Å². The van der Waals surface area contributed by atoms with Crippen molar-refractivity contribution in [2.24, 2.45) is 0 Å². The predicted octanol–water partition coefficient (Wildman–Crippen LogP) is 2.81. The van der Waals surface area contributed by atoms with Gasteiger partial charge in [0.15, 0.2) is 9.84 Å². The van der Waals surface area contributed by atoms with Crippen molar-refractivity contribution in [3.05, 3.63) is 65.2 Å². The minimum atomic E-state index is -3.99. The first-order valence-corrected chi connectivity index (χ1v) is 7.25. The topological polar surface area (TPSA) is 57.9 Å². The summed E-state index contributed by atoms with van der Waals surface area (Å²) in [6, 6.07) is 10.3. The number of nitriles is 1. The smallest absolute Gasteiger partial charge is 0.185 e. The number of nitrogens with zero attached hydrogens (tertiary/aromatic N) is 1. The first-order chi connectivity index (χ1) is 9.44. The van der Waals surface area contributed by atoms with Crippen molar-refractivity contribution >= 4 is 9.84 Å². The maximum absolute atomic E-state index is 13.5. The molecule has 20 heavy (non-hydrogen) atoms. The van der Waals surface area contributed by atoms with E-state index in [9.17, 15) is 17.2 Å². The van der Waals surface area contributed by atoms with Gasteiger partial charge in [-0.2, -0.15) is 5.26 Å². The molecule has 0 N–H and O–H groups in total. The van der Waals surface area contributed by atoms with Crippen molar-refractivity contribution < 1.29 is 17.2 Å². The number of hydrogen-bond donors (Lipinski definition) is 0. The third-order valence-electron chi connectivity index (χ3n) is 2.71. The van der Waals surface area contributed by atoms with Crippen molar-refractivity contribution in [1.29, 1.82) is 5.26 Å². The highest BCUT2D eigenvalue weighted by molar-refractivity contribution is 7.90. The van der Waals surface area contributed by atoms with Gasteiger partial charge in [-0.3, -0.25) is 0 Å². The van der Waals surface area contributed by atoms with Crippen LogP contribution in [0.25, 0.3) is 0 Å². The number of rotatable bonds is 3. The molecule has 0 aliphatic carbocycles. The zero-order chi connectivity index (χ0) is 14.8. The molecule has 2 aromatic carbocycles. The molecule has 0 amide bonds. The van der Waals surface area contributed by atoms with Crippen LogP contribution < -0.4 is 0 Å². The van der Waals surface area contributed by atoms with Crippen LogP contribution in [0.1, 0.15) is 11.1 Å². The molecule has 0 bridgehead atoms. The summed E-state index contributed by atoms with van der Waals surface area (Å²) in [5.41, 5.74) is 0.484. The fraction of sp³-hybridized carbons (Fsp3) is 0.0714. The van der Waals surface area contributed by atoms with Crippen molar-refractivity contribution in [2.45, 2.75) is 10.6 Å². The van der Waals surface area contributed by atoms with E-state index in [0.717, 1.165) is 12.1 Å². The Kier molecular flexibility index (Phi) is 3.81. The molecule has 0 aliphatic rings. The van der Waals surface area contributed by atoms with E-state index in [1.165, 1.54) is 12.1 Å². The summed E-state index contributed by atoms with van der Waals surface area (Å²) >= 11 is 0. The SMILES string of the molecule is N#Cc1ccccc1CS(=O)(=O)c1ccc(F)cc1F. The molecular formula is C14H9F2NO2S. The highest BCUT2D eigenvalue weighted by atomic mass is 32.2. The van der Waals surface area contributed by atoms with Crippen LogP contribution in [0.15, 0.2) is 47.4 Å². The number of halogens is 2. The van der Waals surface area contributed by atoms with E-state index in [-0.39, 0.29) is 11.1 Å². The quantitative estimate of drug-likeness (QED) is 0.818. The van der Waals surface area contributed by atoms with Crippen molar-refractivity contribution in [3.8, 4) is 6.07 Å². The lowest BCUT2D eigenvalue weighted by molar-refractivity contribution is 0.549. The van der Waals surface area contributed by atoms with E-state index in [4.69, 9.17) is 5.26 Å². The molecule has 0 heterocycles. The average molecular weight is 293 g/mol. The summed E-state index contributed by atoms with van der Waals surface area (Å²) in [5.74, 6) is -2.50. The molecule has 2 rings (SSSR count). The van der Waals surface area contributed by atoms with Crippen LogP contribution in [-0.2, 0) is 15.6 Å². The Morgan fingerprint density at radius 1 is 1.10 bits per heavy atom. The van der Waals surface area contributed by atoms with Gasteiger partial charge in [-0.15, -0.1) is 0 Å². The standard InChI is InChI=1S/C14H9F2NO2S/c15-12-5-6-14(13(16)7-12)20(18,19)9-11-4-2-1-3-10(11)8-17/h1-7H,9H2. The molecule has 0 aliphatic heterocycles. The third kappa shape index (κ3) is 2.83. The van der Waals surface area contributed by atoms with Crippen LogP contribution >= 0.6 is 0 Å². The molecule has 0 fully saturated rings. The molecule has 3 nitrogen and oxygen atoms in total. The maximum atomic E-state index is 13.5. The highest BCUT2D eigenvalue weighted by Crippen LogP contribution is 2.21. The van der Waals surface area contributed by atoms with Crippen LogP contribution in [0.4, 0.5) is 8.78 Å². The molecule has 0 aromatic heterocycles. The number of hydrogen-bond acceptors (Lipinski definition) is 3. The zero-order valence-corrected chi connectivity index (χ0v) is 11.0. The first-order valence-electron chi connectivity index (χ1n) is 5.60. The van der Waals surface area contributed by atoms with Gasteiger partial charge in [0.25, 0.3) is 0 Å². The van der Waals surface area contributed by atoms with Gasteiger partial charge in [-0.05, 0) is 23.8 Å². The van der Waals surface area contributed by atoms with Crippen LogP contribution in [-0.4, -0.2) is 8.42 Å². The van der Waals surface area contributed by atoms with Crippen LogP contribution in [0.2, 0.25) is 0 Å².